The number of nitrogens with zero attached hydrogens (tertiary/aromatic N) is 2. The Balaban J connectivity index is 1.65. The van der Waals surface area contributed by atoms with Crippen LogP contribution in [-0.4, -0.2) is 25.8 Å². The number of hydrogen-bond acceptors (Lipinski definition) is 6. The molecule has 30 heavy (non-hydrogen) atoms. The smallest absolute Gasteiger partial charge is 0.270 e. The highest BCUT2D eigenvalue weighted by molar-refractivity contribution is 7.92. The molecule has 1 aromatic heterocycles. The summed E-state index contributed by atoms with van der Waals surface area (Å²) in [4.78, 5) is 25.2. The molecule has 1 amide bonds. The van der Waals surface area contributed by atoms with Crippen LogP contribution < -0.4 is 9.62 Å². The maximum Gasteiger partial charge on any atom is 0.270 e. The summed E-state index contributed by atoms with van der Waals surface area (Å²) in [6, 6.07) is 12.3. The molecule has 8 nitrogen and oxygen atoms in total. The van der Waals surface area contributed by atoms with E-state index < -0.39 is 14.9 Å². The molecule has 154 valence electrons. The van der Waals surface area contributed by atoms with Crippen molar-refractivity contribution in [1.29, 1.82) is 0 Å². The molecule has 0 saturated carbocycles. The van der Waals surface area contributed by atoms with Crippen molar-refractivity contribution in [2.45, 2.75) is 18.2 Å². The van der Waals surface area contributed by atoms with Crippen LogP contribution in [0.1, 0.15) is 20.8 Å². The van der Waals surface area contributed by atoms with E-state index in [0.717, 1.165) is 11.6 Å². The first-order valence-electron chi connectivity index (χ1n) is 9.02. The number of amides is 1. The number of carbonyl (C=O) groups is 1. The summed E-state index contributed by atoms with van der Waals surface area (Å²) in [5.41, 5.74) is 1.98. The van der Waals surface area contributed by atoms with E-state index >= 15 is 0 Å². The van der Waals surface area contributed by atoms with Crippen LogP contribution in [0.4, 0.5) is 17.1 Å². The van der Waals surface area contributed by atoms with Crippen molar-refractivity contribution in [1.82, 2.24) is 0 Å². The molecule has 2 heterocycles. The monoisotopic (exact) mass is 443 g/mol. The third-order valence-corrected chi connectivity index (χ3v) is 7.26. The van der Waals surface area contributed by atoms with Gasteiger partial charge in [-0.05, 0) is 48.1 Å². The number of aryl methyl sites for hydroxylation is 1. The summed E-state index contributed by atoms with van der Waals surface area (Å²) in [6.07, 6.45) is 0.684. The normalized spacial score (nSPS) is 13.2. The molecule has 0 aliphatic carbocycles. The number of nitrogens with one attached hydrogen (secondary N) is 1. The predicted octanol–water partition coefficient (Wildman–Crippen LogP) is 3.97. The second-order valence-corrected chi connectivity index (χ2v) is 9.44. The van der Waals surface area contributed by atoms with Crippen LogP contribution in [0.15, 0.2) is 58.8 Å². The van der Waals surface area contributed by atoms with Crippen molar-refractivity contribution in [3.05, 3.63) is 80.0 Å². The lowest BCUT2D eigenvalue weighted by atomic mass is 10.1. The Morgan fingerprint density at radius 2 is 2.00 bits per heavy atom. The summed E-state index contributed by atoms with van der Waals surface area (Å²) in [6.45, 7) is 2.09. The number of nitro benzene ring substituents is 1. The van der Waals surface area contributed by atoms with Gasteiger partial charge < -0.3 is 4.90 Å². The maximum atomic E-state index is 12.9. The zero-order valence-corrected chi connectivity index (χ0v) is 17.5. The van der Waals surface area contributed by atoms with Gasteiger partial charge in [0.2, 0.25) is 0 Å². The van der Waals surface area contributed by atoms with Crippen molar-refractivity contribution in [3.63, 3.8) is 0 Å². The highest BCUT2D eigenvalue weighted by Gasteiger charge is 2.27. The SMILES string of the molecule is Cc1ccc([N+](=O)[O-])cc1S(=O)(=O)Nc1ccc2c(c1)N(C(=O)c1cccs1)CC2. The minimum atomic E-state index is -4.05. The molecule has 2 aromatic carbocycles. The average molecular weight is 444 g/mol. The fraction of sp³-hybridized carbons (Fsp3) is 0.150. The Labute approximate surface area is 177 Å². The van der Waals surface area contributed by atoms with Gasteiger partial charge in [-0.2, -0.15) is 0 Å². The molecule has 0 atom stereocenters. The number of thiophene rings is 1. The van der Waals surface area contributed by atoms with E-state index in [9.17, 15) is 23.3 Å². The first-order chi connectivity index (χ1) is 14.3. The fourth-order valence-electron chi connectivity index (χ4n) is 3.39. The topological polar surface area (TPSA) is 110 Å². The van der Waals surface area contributed by atoms with Gasteiger partial charge in [0.15, 0.2) is 0 Å². The number of non-ortho nitro benzene ring substituents is 1. The largest absolute Gasteiger partial charge is 0.307 e. The molecule has 0 bridgehead atoms. The van der Waals surface area contributed by atoms with Crippen molar-refractivity contribution in [2.24, 2.45) is 0 Å². The Morgan fingerprint density at radius 3 is 2.70 bits per heavy atom. The molecule has 3 aromatic rings. The summed E-state index contributed by atoms with van der Waals surface area (Å²) in [7, 11) is -4.05. The van der Waals surface area contributed by atoms with Gasteiger partial charge in [-0.15, -0.1) is 11.3 Å². The first kappa shape index (κ1) is 20.0. The maximum absolute atomic E-state index is 12.9. The van der Waals surface area contributed by atoms with E-state index in [2.05, 4.69) is 4.72 Å². The van der Waals surface area contributed by atoms with Gasteiger partial charge in [0.25, 0.3) is 21.6 Å². The summed E-state index contributed by atoms with van der Waals surface area (Å²) in [5, 5.41) is 12.9. The van der Waals surface area contributed by atoms with Gasteiger partial charge in [-0.3, -0.25) is 19.6 Å². The van der Waals surface area contributed by atoms with E-state index in [1.807, 2.05) is 5.38 Å². The molecule has 0 spiro atoms. The molecule has 0 unspecified atom stereocenters. The number of fused-ring (bicyclic) bond motifs is 1. The minimum Gasteiger partial charge on any atom is -0.307 e. The molecular weight excluding hydrogens is 426 g/mol. The van der Waals surface area contributed by atoms with Crippen LogP contribution >= 0.6 is 11.3 Å². The molecule has 1 N–H and O–H groups in total. The third-order valence-electron chi connectivity index (χ3n) is 4.88. The number of sulfonamides is 1. The van der Waals surface area contributed by atoms with Gasteiger partial charge in [-0.25, -0.2) is 8.42 Å². The Hall–Kier alpha value is -3.24. The van der Waals surface area contributed by atoms with Crippen LogP contribution in [0.3, 0.4) is 0 Å². The van der Waals surface area contributed by atoms with Crippen LogP contribution in [-0.2, 0) is 16.4 Å². The average Bonchev–Trinajstić information content (AvgIpc) is 3.37. The van der Waals surface area contributed by atoms with E-state index in [1.165, 1.54) is 23.5 Å². The Bertz CT molecular complexity index is 1250. The van der Waals surface area contributed by atoms with E-state index in [1.54, 1.807) is 42.2 Å². The number of hydrogen-bond donors (Lipinski definition) is 1. The van der Waals surface area contributed by atoms with E-state index in [0.29, 0.717) is 29.1 Å². The lowest BCUT2D eigenvalue weighted by molar-refractivity contribution is -0.385. The van der Waals surface area contributed by atoms with Crippen LogP contribution in [0.5, 0.6) is 0 Å². The van der Waals surface area contributed by atoms with Gasteiger partial charge in [0, 0.05) is 24.4 Å². The number of rotatable bonds is 5. The number of carbonyl (C=O) groups excluding carboxylic acids is 1. The predicted molar refractivity (Wildman–Crippen MR) is 115 cm³/mol. The molecule has 0 radical (unpaired) electrons. The van der Waals surface area contributed by atoms with Crippen LogP contribution in [0.2, 0.25) is 0 Å². The van der Waals surface area contributed by atoms with Crippen molar-refractivity contribution in [3.8, 4) is 0 Å². The zero-order chi connectivity index (χ0) is 21.5. The quantitative estimate of drug-likeness (QED) is 0.474. The molecule has 0 saturated heterocycles. The fourth-order valence-corrected chi connectivity index (χ4v) is 5.38. The van der Waals surface area contributed by atoms with E-state index in [-0.39, 0.29) is 22.2 Å². The van der Waals surface area contributed by atoms with Gasteiger partial charge >= 0.3 is 0 Å². The molecule has 4 rings (SSSR count). The zero-order valence-electron chi connectivity index (χ0n) is 15.9. The second-order valence-electron chi connectivity index (χ2n) is 6.84. The Morgan fingerprint density at radius 1 is 1.20 bits per heavy atom. The number of nitro groups is 1. The van der Waals surface area contributed by atoms with Crippen molar-refractivity contribution in [2.75, 3.05) is 16.2 Å². The van der Waals surface area contributed by atoms with Crippen LogP contribution in [0, 0.1) is 17.0 Å². The second kappa shape index (κ2) is 7.54. The molecule has 1 aliphatic rings. The molecule has 10 heteroatoms. The summed E-state index contributed by atoms with van der Waals surface area (Å²) in [5.74, 6) is -0.127. The van der Waals surface area contributed by atoms with Gasteiger partial charge in [0.05, 0.1) is 20.4 Å². The highest BCUT2D eigenvalue weighted by Crippen LogP contribution is 2.33. The molecular formula is C20H17N3O5S2. The van der Waals surface area contributed by atoms with Crippen molar-refractivity contribution < 1.29 is 18.1 Å². The van der Waals surface area contributed by atoms with Gasteiger partial charge in [0.1, 0.15) is 0 Å². The number of benzene rings is 2. The third kappa shape index (κ3) is 3.66. The van der Waals surface area contributed by atoms with Crippen molar-refractivity contribution >= 4 is 44.3 Å². The molecule has 0 fully saturated rings. The Kier molecular flexibility index (Phi) is 5.04. The van der Waals surface area contributed by atoms with Crippen LogP contribution in [0.25, 0.3) is 0 Å². The summed E-state index contributed by atoms with van der Waals surface area (Å²) < 4.78 is 28.3. The van der Waals surface area contributed by atoms with Gasteiger partial charge in [-0.1, -0.05) is 18.2 Å². The lowest BCUT2D eigenvalue weighted by Gasteiger charge is -2.18. The first-order valence-corrected chi connectivity index (χ1v) is 11.4. The minimum absolute atomic E-state index is 0.127. The summed E-state index contributed by atoms with van der Waals surface area (Å²) >= 11 is 1.35. The molecule has 1 aliphatic heterocycles. The lowest BCUT2D eigenvalue weighted by Crippen LogP contribution is -2.28. The highest BCUT2D eigenvalue weighted by atomic mass is 32.2. The van der Waals surface area contributed by atoms with E-state index in [4.69, 9.17) is 0 Å². The standard InChI is InChI=1S/C20H17N3O5S2/c1-13-4-7-16(23(25)26)12-19(13)30(27,28)21-15-6-5-14-8-9-22(17(14)11-15)20(24)18-3-2-10-29-18/h2-7,10-12,21H,8-9H2,1H3. The number of anilines is 2.